The molecule has 1 fully saturated rings. The van der Waals surface area contributed by atoms with Crippen LogP contribution in [0.15, 0.2) is 0 Å². The van der Waals surface area contributed by atoms with Crippen molar-refractivity contribution < 1.29 is 17.9 Å². The van der Waals surface area contributed by atoms with Crippen molar-refractivity contribution in [3.63, 3.8) is 0 Å². The molecule has 1 heterocycles. The van der Waals surface area contributed by atoms with E-state index in [1.165, 1.54) is 4.90 Å². The Balaban J connectivity index is 2.80. The van der Waals surface area contributed by atoms with Crippen molar-refractivity contribution >= 4 is 0 Å². The van der Waals surface area contributed by atoms with Gasteiger partial charge in [0.05, 0.1) is 11.7 Å². The molecule has 0 saturated carbocycles. The summed E-state index contributed by atoms with van der Waals surface area (Å²) in [5.41, 5.74) is 4.73. The fourth-order valence-corrected chi connectivity index (χ4v) is 2.45. The van der Waals surface area contributed by atoms with Crippen LogP contribution in [0.25, 0.3) is 0 Å². The fraction of sp³-hybridized carbons (Fsp3) is 1.00. The Labute approximate surface area is 100 Å². The first kappa shape index (κ1) is 14.7. The molecule has 2 atom stereocenters. The maximum Gasteiger partial charge on any atom is 0.404 e. The van der Waals surface area contributed by atoms with Crippen molar-refractivity contribution in [2.45, 2.75) is 51.1 Å². The number of hydrogen-bond acceptors (Lipinski definition) is 3. The topological polar surface area (TPSA) is 38.5 Å². The molecule has 0 aromatic carbocycles. The molecule has 0 spiro atoms. The summed E-state index contributed by atoms with van der Waals surface area (Å²) in [4.78, 5) is 1.45. The van der Waals surface area contributed by atoms with Crippen molar-refractivity contribution in [1.29, 1.82) is 0 Å². The molecule has 1 saturated heterocycles. The van der Waals surface area contributed by atoms with Gasteiger partial charge >= 0.3 is 6.18 Å². The number of hydrogen-bond donors (Lipinski definition) is 1. The maximum atomic E-state index is 12.9. The van der Waals surface area contributed by atoms with Crippen LogP contribution in [0.4, 0.5) is 13.2 Å². The molecule has 0 bridgehead atoms. The second-order valence-corrected chi connectivity index (χ2v) is 5.25. The van der Waals surface area contributed by atoms with E-state index < -0.39 is 17.8 Å². The number of ether oxygens (including phenoxy) is 1. The zero-order chi connectivity index (χ0) is 13.3. The molecule has 6 heteroatoms. The largest absolute Gasteiger partial charge is 0.404 e. The summed E-state index contributed by atoms with van der Waals surface area (Å²) >= 11 is 0. The molecular weight excluding hydrogens is 233 g/mol. The van der Waals surface area contributed by atoms with Gasteiger partial charge in [0.25, 0.3) is 0 Å². The van der Waals surface area contributed by atoms with Crippen LogP contribution in [0.3, 0.4) is 0 Å². The fourth-order valence-electron chi connectivity index (χ4n) is 2.45. The first-order valence-corrected chi connectivity index (χ1v) is 5.84. The second kappa shape index (κ2) is 5.12. The van der Waals surface area contributed by atoms with Gasteiger partial charge in [-0.2, -0.15) is 13.2 Å². The van der Waals surface area contributed by atoms with Gasteiger partial charge in [-0.3, -0.25) is 4.90 Å². The lowest BCUT2D eigenvalue weighted by Crippen LogP contribution is -2.59. The Morgan fingerprint density at radius 2 is 2.06 bits per heavy atom. The van der Waals surface area contributed by atoms with E-state index in [0.717, 1.165) is 0 Å². The molecule has 17 heavy (non-hydrogen) atoms. The van der Waals surface area contributed by atoms with Crippen molar-refractivity contribution in [3.05, 3.63) is 0 Å². The summed E-state index contributed by atoms with van der Waals surface area (Å²) < 4.78 is 44.4. The zero-order valence-electron chi connectivity index (χ0n) is 10.5. The van der Waals surface area contributed by atoms with Crippen molar-refractivity contribution in [2.24, 2.45) is 5.73 Å². The van der Waals surface area contributed by atoms with Gasteiger partial charge in [-0.25, -0.2) is 0 Å². The Bertz CT molecular complexity index is 256. The number of morpholine rings is 1. The molecule has 1 rings (SSSR count). The average molecular weight is 254 g/mol. The van der Waals surface area contributed by atoms with Gasteiger partial charge in [0.15, 0.2) is 0 Å². The van der Waals surface area contributed by atoms with Crippen LogP contribution < -0.4 is 5.73 Å². The van der Waals surface area contributed by atoms with E-state index in [0.29, 0.717) is 6.54 Å². The average Bonchev–Trinajstić information content (AvgIpc) is 2.08. The third kappa shape index (κ3) is 4.12. The normalized spacial score (nSPS) is 28.1. The third-order valence-electron chi connectivity index (χ3n) is 2.85. The van der Waals surface area contributed by atoms with Crippen molar-refractivity contribution in [3.8, 4) is 0 Å². The summed E-state index contributed by atoms with van der Waals surface area (Å²) in [6.07, 6.45) is -4.49. The smallest absolute Gasteiger partial charge is 0.370 e. The SMILES string of the molecule is CC1CN(C(CCN)C(F)(F)F)CC(C)(C)O1. The molecule has 0 aromatic heterocycles. The van der Waals surface area contributed by atoms with E-state index in [1.54, 1.807) is 6.92 Å². The molecule has 0 aromatic rings. The minimum absolute atomic E-state index is 0.0380. The Morgan fingerprint density at radius 1 is 1.47 bits per heavy atom. The van der Waals surface area contributed by atoms with Crippen LogP contribution in [0.5, 0.6) is 0 Å². The Kier molecular flexibility index (Phi) is 4.43. The molecular formula is C11H21F3N2O. The van der Waals surface area contributed by atoms with E-state index in [1.807, 2.05) is 13.8 Å². The molecule has 0 aliphatic carbocycles. The van der Waals surface area contributed by atoms with E-state index in [9.17, 15) is 13.2 Å². The molecule has 0 amide bonds. The number of halogens is 3. The summed E-state index contributed by atoms with van der Waals surface area (Å²) in [6, 6.07) is -1.46. The van der Waals surface area contributed by atoms with Crippen LogP contribution in [0.1, 0.15) is 27.2 Å². The number of rotatable bonds is 3. The summed E-state index contributed by atoms with van der Waals surface area (Å²) in [7, 11) is 0. The van der Waals surface area contributed by atoms with Crippen molar-refractivity contribution in [2.75, 3.05) is 19.6 Å². The lowest BCUT2D eigenvalue weighted by atomic mass is 10.0. The predicted molar refractivity (Wildman–Crippen MR) is 59.7 cm³/mol. The molecule has 2 unspecified atom stereocenters. The predicted octanol–water partition coefficient (Wildman–Crippen LogP) is 1.77. The highest BCUT2D eigenvalue weighted by atomic mass is 19.4. The first-order valence-electron chi connectivity index (χ1n) is 5.84. The highest BCUT2D eigenvalue weighted by Crippen LogP contribution is 2.31. The summed E-state index contributed by atoms with van der Waals surface area (Å²) in [5.74, 6) is 0. The zero-order valence-corrected chi connectivity index (χ0v) is 10.5. The van der Waals surface area contributed by atoms with Gasteiger partial charge in [0.2, 0.25) is 0 Å². The van der Waals surface area contributed by atoms with E-state index >= 15 is 0 Å². The minimum Gasteiger partial charge on any atom is -0.370 e. The summed E-state index contributed by atoms with van der Waals surface area (Å²) in [6.45, 7) is 6.03. The monoisotopic (exact) mass is 254 g/mol. The highest BCUT2D eigenvalue weighted by Gasteiger charge is 2.46. The van der Waals surface area contributed by atoms with Crippen LogP contribution in [-0.4, -0.2) is 48.5 Å². The van der Waals surface area contributed by atoms with Gasteiger partial charge in [-0.1, -0.05) is 0 Å². The van der Waals surface area contributed by atoms with Crippen LogP contribution >= 0.6 is 0 Å². The highest BCUT2D eigenvalue weighted by molar-refractivity contribution is 4.89. The first-order chi connectivity index (χ1) is 7.65. The molecule has 3 nitrogen and oxygen atoms in total. The molecule has 1 aliphatic heterocycles. The molecule has 2 N–H and O–H groups in total. The minimum atomic E-state index is -4.23. The van der Waals surface area contributed by atoms with Gasteiger partial charge in [-0.15, -0.1) is 0 Å². The van der Waals surface area contributed by atoms with Crippen LogP contribution in [-0.2, 0) is 4.74 Å². The van der Waals surface area contributed by atoms with Crippen LogP contribution in [0, 0.1) is 0 Å². The van der Waals surface area contributed by atoms with E-state index in [-0.39, 0.29) is 25.6 Å². The van der Waals surface area contributed by atoms with Gasteiger partial charge in [0, 0.05) is 13.1 Å². The van der Waals surface area contributed by atoms with Gasteiger partial charge in [0.1, 0.15) is 6.04 Å². The Hall–Kier alpha value is -0.330. The van der Waals surface area contributed by atoms with Crippen LogP contribution in [0.2, 0.25) is 0 Å². The molecule has 0 radical (unpaired) electrons. The lowest BCUT2D eigenvalue weighted by Gasteiger charge is -2.45. The number of nitrogens with two attached hydrogens (primary N) is 1. The molecule has 1 aliphatic rings. The second-order valence-electron chi connectivity index (χ2n) is 5.25. The van der Waals surface area contributed by atoms with E-state index in [4.69, 9.17) is 10.5 Å². The van der Waals surface area contributed by atoms with E-state index in [2.05, 4.69) is 0 Å². The maximum absolute atomic E-state index is 12.9. The summed E-state index contributed by atoms with van der Waals surface area (Å²) in [5, 5.41) is 0. The number of nitrogens with zero attached hydrogens (tertiary/aromatic N) is 1. The standard InChI is InChI=1S/C11H21F3N2O/c1-8-6-16(7-10(2,3)17-8)9(4-5-15)11(12,13)14/h8-9H,4-7,15H2,1-3H3. The molecule has 102 valence electrons. The Morgan fingerprint density at radius 3 is 2.47 bits per heavy atom. The van der Waals surface area contributed by atoms with Crippen molar-refractivity contribution in [1.82, 2.24) is 4.90 Å². The van der Waals surface area contributed by atoms with Gasteiger partial charge in [-0.05, 0) is 33.7 Å². The lowest BCUT2D eigenvalue weighted by molar-refractivity contribution is -0.216. The van der Waals surface area contributed by atoms with Gasteiger partial charge < -0.3 is 10.5 Å². The quantitative estimate of drug-likeness (QED) is 0.834. The number of alkyl halides is 3. The third-order valence-corrected chi connectivity index (χ3v) is 2.85.